The lowest BCUT2D eigenvalue weighted by Crippen LogP contribution is -2.37. The van der Waals surface area contributed by atoms with Crippen molar-refractivity contribution in [3.63, 3.8) is 0 Å². The van der Waals surface area contributed by atoms with Gasteiger partial charge in [-0.3, -0.25) is 0 Å². The fraction of sp³-hybridized carbons (Fsp3) is 0.254. The molecule has 2 fully saturated rings. The van der Waals surface area contributed by atoms with Crippen LogP contribution in [0.2, 0.25) is 0 Å². The third-order valence-corrected chi connectivity index (χ3v) is 16.2. The standard InChI is InChI=1S/C67H61NO6/c1-2-3-7-14-46-21-23-47(24-22-46)48-29-36-57(37-30-48)72-64(69)50-27-25-49(26-28-50)51-31-38-58-60(45-51)61-62(67(74-65(61)70,54-17-10-5-11-18-54)55-19-12-6-13-20-55)59-39-40-66(73-63(58)59,52-15-8-4-9-16-52)53-32-34-56(35-33-53)68-41-43-71-44-42-68/h4-6,8-13,15-20,25-40,45-47H,2-3,7,14,21-24,41-44H2,1H3. The Kier molecular flexibility index (Phi) is 13.0. The second-order valence-electron chi connectivity index (χ2n) is 20.5. The zero-order valence-electron chi connectivity index (χ0n) is 42.0. The fourth-order valence-corrected chi connectivity index (χ4v) is 12.2. The molecule has 1 saturated heterocycles. The van der Waals surface area contributed by atoms with Crippen LogP contribution in [0.25, 0.3) is 28.0 Å². The molecule has 1 saturated carbocycles. The van der Waals surface area contributed by atoms with E-state index < -0.39 is 23.1 Å². The predicted molar refractivity (Wildman–Crippen MR) is 294 cm³/mol. The van der Waals surface area contributed by atoms with E-state index in [0.29, 0.717) is 47.1 Å². The normalized spacial score (nSPS) is 19.8. The molecule has 8 aromatic carbocycles. The highest BCUT2D eigenvalue weighted by atomic mass is 16.6. The molecular formula is C67H61NO6. The number of ether oxygens (including phenoxy) is 4. The Morgan fingerprint density at radius 1 is 0.635 bits per heavy atom. The average molecular weight is 976 g/mol. The van der Waals surface area contributed by atoms with Gasteiger partial charge in [-0.25, -0.2) is 9.59 Å². The zero-order valence-corrected chi connectivity index (χ0v) is 42.0. The molecule has 4 aliphatic rings. The van der Waals surface area contributed by atoms with Gasteiger partial charge in [0.1, 0.15) is 11.5 Å². The van der Waals surface area contributed by atoms with Crippen LogP contribution in [0.3, 0.4) is 0 Å². The van der Waals surface area contributed by atoms with Gasteiger partial charge in [0.05, 0.1) is 24.3 Å². The zero-order chi connectivity index (χ0) is 50.1. The maximum Gasteiger partial charge on any atom is 0.343 e. The fourth-order valence-electron chi connectivity index (χ4n) is 12.2. The van der Waals surface area contributed by atoms with Gasteiger partial charge in [-0.05, 0) is 109 Å². The second-order valence-corrected chi connectivity index (χ2v) is 20.5. The molecule has 1 aliphatic carbocycles. The molecule has 7 nitrogen and oxygen atoms in total. The Labute approximate surface area is 434 Å². The van der Waals surface area contributed by atoms with Crippen molar-refractivity contribution in [2.24, 2.45) is 5.92 Å². The first kappa shape index (κ1) is 47.3. The van der Waals surface area contributed by atoms with E-state index in [2.05, 4.69) is 90.7 Å². The summed E-state index contributed by atoms with van der Waals surface area (Å²) in [6.07, 6.45) is 14.7. The molecule has 1 atom stereocenters. The van der Waals surface area contributed by atoms with E-state index in [0.717, 1.165) is 74.6 Å². The van der Waals surface area contributed by atoms with E-state index in [1.54, 1.807) is 0 Å². The summed E-state index contributed by atoms with van der Waals surface area (Å²) in [4.78, 5) is 30.9. The molecule has 1 unspecified atom stereocenters. The summed E-state index contributed by atoms with van der Waals surface area (Å²) in [5.41, 5.74) is 7.95. The third kappa shape index (κ3) is 8.67. The van der Waals surface area contributed by atoms with Crippen molar-refractivity contribution in [3.8, 4) is 22.6 Å². The molecule has 0 spiro atoms. The Morgan fingerprint density at radius 3 is 1.91 bits per heavy atom. The average Bonchev–Trinajstić information content (AvgIpc) is 3.82. The Hall–Kier alpha value is -7.74. The van der Waals surface area contributed by atoms with Crippen LogP contribution < -0.4 is 14.4 Å². The van der Waals surface area contributed by atoms with Gasteiger partial charge in [0.2, 0.25) is 0 Å². The molecule has 0 bridgehead atoms. The number of carbonyl (C=O) groups excluding carboxylic acids is 2. The van der Waals surface area contributed by atoms with E-state index in [9.17, 15) is 9.59 Å². The lowest BCUT2D eigenvalue weighted by atomic mass is 9.74. The highest BCUT2D eigenvalue weighted by Gasteiger charge is 2.53. The summed E-state index contributed by atoms with van der Waals surface area (Å²) in [5.74, 6) is 1.79. The van der Waals surface area contributed by atoms with Crippen molar-refractivity contribution < 1.29 is 28.5 Å². The van der Waals surface area contributed by atoms with E-state index in [4.69, 9.17) is 18.9 Å². The molecule has 7 heteroatoms. The lowest BCUT2D eigenvalue weighted by Gasteiger charge is -2.39. The number of cyclic esters (lactones) is 1. The molecule has 0 radical (unpaired) electrons. The van der Waals surface area contributed by atoms with Gasteiger partial charge in [-0.2, -0.15) is 0 Å². The van der Waals surface area contributed by atoms with E-state index in [1.165, 1.54) is 56.9 Å². The second kappa shape index (κ2) is 20.3. The number of nitrogens with zero attached hydrogens (tertiary/aromatic N) is 1. The highest BCUT2D eigenvalue weighted by Crippen LogP contribution is 2.57. The van der Waals surface area contributed by atoms with Crippen molar-refractivity contribution >= 4 is 34.5 Å². The van der Waals surface area contributed by atoms with Gasteiger partial charge in [-0.1, -0.05) is 172 Å². The number of esters is 2. The van der Waals surface area contributed by atoms with Crippen LogP contribution in [0.4, 0.5) is 5.69 Å². The molecule has 370 valence electrons. The van der Waals surface area contributed by atoms with Crippen LogP contribution in [0.1, 0.15) is 124 Å². The van der Waals surface area contributed by atoms with Crippen LogP contribution in [-0.4, -0.2) is 38.2 Å². The molecule has 74 heavy (non-hydrogen) atoms. The minimum atomic E-state index is -1.29. The van der Waals surface area contributed by atoms with Crippen molar-refractivity contribution in [3.05, 3.63) is 238 Å². The monoisotopic (exact) mass is 975 g/mol. The summed E-state index contributed by atoms with van der Waals surface area (Å²) in [5, 5.41) is 1.49. The number of hydrogen-bond acceptors (Lipinski definition) is 7. The Bertz CT molecular complexity index is 3280. The van der Waals surface area contributed by atoms with Gasteiger partial charge >= 0.3 is 11.9 Å². The van der Waals surface area contributed by atoms with Gasteiger partial charge in [0.15, 0.2) is 11.2 Å². The number of anilines is 1. The summed E-state index contributed by atoms with van der Waals surface area (Å²) in [6, 6.07) is 60.9. The number of morpholine rings is 1. The quantitative estimate of drug-likeness (QED) is 0.0647. The molecule has 0 aromatic heterocycles. The van der Waals surface area contributed by atoms with Crippen LogP contribution in [0.5, 0.6) is 11.5 Å². The Balaban J connectivity index is 0.914. The van der Waals surface area contributed by atoms with Gasteiger partial charge in [0.25, 0.3) is 0 Å². The maximum absolute atomic E-state index is 15.0. The van der Waals surface area contributed by atoms with Crippen molar-refractivity contribution in [2.45, 2.75) is 75.4 Å². The maximum atomic E-state index is 15.0. The van der Waals surface area contributed by atoms with Gasteiger partial charge < -0.3 is 23.8 Å². The van der Waals surface area contributed by atoms with Crippen LogP contribution in [-0.2, 0) is 20.7 Å². The molecule has 3 heterocycles. The van der Waals surface area contributed by atoms with E-state index in [1.807, 2.05) is 115 Å². The summed E-state index contributed by atoms with van der Waals surface area (Å²) in [7, 11) is 0. The summed E-state index contributed by atoms with van der Waals surface area (Å²) in [6.45, 7) is 5.35. The van der Waals surface area contributed by atoms with Crippen LogP contribution >= 0.6 is 0 Å². The van der Waals surface area contributed by atoms with Gasteiger partial charge in [0, 0.05) is 62.9 Å². The lowest BCUT2D eigenvalue weighted by molar-refractivity contribution is 0.0250. The number of carbonyl (C=O) groups is 2. The minimum Gasteiger partial charge on any atom is -0.472 e. The number of rotatable bonds is 13. The van der Waals surface area contributed by atoms with Crippen molar-refractivity contribution in [2.75, 3.05) is 31.2 Å². The molecule has 0 amide bonds. The molecule has 0 N–H and O–H groups in total. The van der Waals surface area contributed by atoms with Crippen molar-refractivity contribution in [1.82, 2.24) is 0 Å². The first-order valence-electron chi connectivity index (χ1n) is 26.7. The summed E-state index contributed by atoms with van der Waals surface area (Å²) >= 11 is 0. The largest absolute Gasteiger partial charge is 0.472 e. The third-order valence-electron chi connectivity index (χ3n) is 16.2. The van der Waals surface area contributed by atoms with Crippen molar-refractivity contribution in [1.29, 1.82) is 0 Å². The number of benzene rings is 8. The first-order chi connectivity index (χ1) is 36.4. The molecular weight excluding hydrogens is 915 g/mol. The molecule has 8 aromatic rings. The topological polar surface area (TPSA) is 74.3 Å². The highest BCUT2D eigenvalue weighted by molar-refractivity contribution is 6.14. The minimum absolute atomic E-state index is 0.413. The molecule has 12 rings (SSSR count). The predicted octanol–water partition coefficient (Wildman–Crippen LogP) is 15.2. The number of hydrogen-bond donors (Lipinski definition) is 0. The summed E-state index contributed by atoms with van der Waals surface area (Å²) < 4.78 is 26.1. The SMILES string of the molecule is CCCCCC1CCC(c2ccc(OC(=O)c3ccc(-c4ccc5c6c(c7c(c5c4)C(=O)OC7(c4ccccc4)c4ccccc4)C=CC(c4ccccc4)(c4ccc(N5CCOCC5)cc4)O6)cc3)cc2)CC1. The van der Waals surface area contributed by atoms with Crippen LogP contribution in [0.15, 0.2) is 188 Å². The van der Waals surface area contributed by atoms with Crippen LogP contribution in [0, 0.1) is 5.92 Å². The Morgan fingerprint density at radius 2 is 1.26 bits per heavy atom. The molecule has 3 aliphatic heterocycles. The smallest absolute Gasteiger partial charge is 0.343 e. The number of unbranched alkanes of at least 4 members (excludes halogenated alkanes) is 2. The van der Waals surface area contributed by atoms with E-state index >= 15 is 0 Å². The van der Waals surface area contributed by atoms with Gasteiger partial charge in [-0.15, -0.1) is 0 Å². The van der Waals surface area contributed by atoms with E-state index in [-0.39, 0.29) is 0 Å². The number of fused-ring (bicyclic) bond motifs is 6. The first-order valence-corrected chi connectivity index (χ1v) is 26.7.